The lowest BCUT2D eigenvalue weighted by Crippen LogP contribution is -2.51. The Balaban J connectivity index is 2.79. The summed E-state index contributed by atoms with van der Waals surface area (Å²) in [5.41, 5.74) is 0. The summed E-state index contributed by atoms with van der Waals surface area (Å²) in [5.74, 6) is -3.59. The fraction of sp³-hybridized carbons (Fsp3) is 0.714. The van der Waals surface area contributed by atoms with Crippen molar-refractivity contribution >= 4 is 11.9 Å². The van der Waals surface area contributed by atoms with Crippen LogP contribution in [0.4, 0.5) is 0 Å². The Hall–Kier alpha value is -1.44. The Kier molecular flexibility index (Phi) is 7.35. The second kappa shape index (κ2) is 8.76. The molecule has 120 valence electrons. The van der Waals surface area contributed by atoms with Crippen molar-refractivity contribution in [3.63, 3.8) is 0 Å². The van der Waals surface area contributed by atoms with Crippen molar-refractivity contribution in [2.24, 2.45) is 0 Å². The molecule has 0 amide bonds. The van der Waals surface area contributed by atoms with Crippen LogP contribution in [0.15, 0.2) is 12.2 Å². The average molecular weight is 302 g/mol. The highest BCUT2D eigenvalue weighted by Crippen LogP contribution is 2.26. The van der Waals surface area contributed by atoms with Gasteiger partial charge >= 0.3 is 11.9 Å². The summed E-state index contributed by atoms with van der Waals surface area (Å²) in [4.78, 5) is 23.0. The molecule has 0 aromatic heterocycles. The Morgan fingerprint density at radius 2 is 1.95 bits per heavy atom. The second-order valence-electron chi connectivity index (χ2n) is 4.54. The molecule has 0 aliphatic carbocycles. The number of hydrogen-bond donors (Lipinski definition) is 1. The highest BCUT2D eigenvalue weighted by molar-refractivity contribution is 5.92. The number of carbonyl (C=O) groups excluding carboxylic acids is 2. The van der Waals surface area contributed by atoms with Crippen molar-refractivity contribution in [1.82, 2.24) is 0 Å². The van der Waals surface area contributed by atoms with Gasteiger partial charge in [-0.25, -0.2) is 9.59 Å². The molecule has 1 N–H and O–H groups in total. The number of hydrogen-bond acceptors (Lipinski definition) is 7. The molecule has 1 rings (SSSR count). The van der Waals surface area contributed by atoms with Crippen molar-refractivity contribution in [3.8, 4) is 0 Å². The van der Waals surface area contributed by atoms with Gasteiger partial charge in [-0.3, -0.25) is 0 Å². The Labute approximate surface area is 123 Å². The van der Waals surface area contributed by atoms with Crippen molar-refractivity contribution in [2.75, 3.05) is 19.8 Å². The Morgan fingerprint density at radius 3 is 2.62 bits per heavy atom. The predicted octanol–water partition coefficient (Wildman–Crippen LogP) is 0.901. The fourth-order valence-electron chi connectivity index (χ4n) is 1.75. The predicted molar refractivity (Wildman–Crippen MR) is 72.0 cm³/mol. The number of ether oxygens (including phenoxy) is 4. The van der Waals surface area contributed by atoms with Crippen LogP contribution in [0.1, 0.15) is 33.1 Å². The van der Waals surface area contributed by atoms with Gasteiger partial charge in [-0.2, -0.15) is 0 Å². The van der Waals surface area contributed by atoms with E-state index in [4.69, 9.17) is 18.9 Å². The van der Waals surface area contributed by atoms with Gasteiger partial charge in [0.15, 0.2) is 0 Å². The number of aliphatic hydroxyl groups is 1. The number of esters is 2. The summed E-state index contributed by atoms with van der Waals surface area (Å²) < 4.78 is 20.4. The topological polar surface area (TPSA) is 91.3 Å². The summed E-state index contributed by atoms with van der Waals surface area (Å²) in [5, 5.41) is 10.5. The first-order valence-corrected chi connectivity index (χ1v) is 7.05. The Morgan fingerprint density at radius 1 is 1.24 bits per heavy atom. The van der Waals surface area contributed by atoms with Crippen LogP contribution >= 0.6 is 0 Å². The molecule has 0 radical (unpaired) electrons. The van der Waals surface area contributed by atoms with Crippen molar-refractivity contribution in [3.05, 3.63) is 12.2 Å². The van der Waals surface area contributed by atoms with E-state index in [0.717, 1.165) is 18.6 Å². The zero-order valence-corrected chi connectivity index (χ0v) is 12.4. The summed E-state index contributed by atoms with van der Waals surface area (Å²) in [6, 6.07) is 0. The molecule has 2 unspecified atom stereocenters. The number of carbonyl (C=O) groups is 2. The van der Waals surface area contributed by atoms with E-state index in [1.807, 2.05) is 13.8 Å². The molecule has 1 aliphatic heterocycles. The number of cyclic esters (lactones) is 2. The molecule has 1 aliphatic rings. The zero-order valence-electron chi connectivity index (χ0n) is 12.4. The molecular formula is C14H22O7. The lowest BCUT2D eigenvalue weighted by Gasteiger charge is -2.34. The summed E-state index contributed by atoms with van der Waals surface area (Å²) >= 11 is 0. The van der Waals surface area contributed by atoms with E-state index in [0.29, 0.717) is 13.0 Å². The molecule has 7 nitrogen and oxygen atoms in total. The molecule has 21 heavy (non-hydrogen) atoms. The van der Waals surface area contributed by atoms with Crippen molar-refractivity contribution in [2.45, 2.75) is 45.2 Å². The maximum Gasteiger partial charge on any atom is 0.333 e. The third-order valence-corrected chi connectivity index (χ3v) is 2.81. The third kappa shape index (κ3) is 5.82. The minimum Gasteiger partial charge on any atom is -0.425 e. The fourth-order valence-corrected chi connectivity index (χ4v) is 1.75. The van der Waals surface area contributed by atoms with Crippen LogP contribution in [0.25, 0.3) is 0 Å². The van der Waals surface area contributed by atoms with Gasteiger partial charge < -0.3 is 24.1 Å². The first kappa shape index (κ1) is 17.6. The molecular weight excluding hydrogens is 280 g/mol. The van der Waals surface area contributed by atoms with Gasteiger partial charge in [0.25, 0.3) is 12.1 Å². The largest absolute Gasteiger partial charge is 0.425 e. The van der Waals surface area contributed by atoms with Crippen LogP contribution in [-0.2, 0) is 28.5 Å². The van der Waals surface area contributed by atoms with Crippen LogP contribution in [0.3, 0.4) is 0 Å². The van der Waals surface area contributed by atoms with Crippen LogP contribution < -0.4 is 0 Å². The van der Waals surface area contributed by atoms with Crippen LogP contribution in [-0.4, -0.2) is 48.9 Å². The summed E-state index contributed by atoms with van der Waals surface area (Å²) in [7, 11) is 0. The van der Waals surface area contributed by atoms with Gasteiger partial charge in [0, 0.05) is 25.2 Å². The first-order chi connectivity index (χ1) is 10.0. The SMILES string of the molecule is CCCCC1(O)OC(=O)/C=C\C(=O)OC1OCCOCC. The zero-order chi connectivity index (χ0) is 15.7. The van der Waals surface area contributed by atoms with Crippen LogP contribution in [0.5, 0.6) is 0 Å². The maximum absolute atomic E-state index is 11.5. The van der Waals surface area contributed by atoms with Gasteiger partial charge in [0.05, 0.1) is 13.2 Å². The molecule has 1 heterocycles. The standard InChI is InChI=1S/C14H22O7/c1-3-5-8-14(17)13(19-10-9-18-4-2)20-11(15)6-7-12(16)21-14/h6-7,13,17H,3-5,8-10H2,1-2H3/b7-6-. The molecule has 0 aromatic rings. The highest BCUT2D eigenvalue weighted by Gasteiger charge is 2.44. The van der Waals surface area contributed by atoms with E-state index >= 15 is 0 Å². The van der Waals surface area contributed by atoms with E-state index in [2.05, 4.69) is 0 Å². The van der Waals surface area contributed by atoms with Gasteiger partial charge in [-0.15, -0.1) is 0 Å². The minimum absolute atomic E-state index is 0.0987. The van der Waals surface area contributed by atoms with Crippen molar-refractivity contribution in [1.29, 1.82) is 0 Å². The normalized spacial score (nSPS) is 27.5. The first-order valence-electron chi connectivity index (χ1n) is 7.05. The molecule has 0 saturated heterocycles. The molecule has 0 aromatic carbocycles. The van der Waals surface area contributed by atoms with Crippen molar-refractivity contribution < 1.29 is 33.6 Å². The lowest BCUT2D eigenvalue weighted by atomic mass is 10.1. The van der Waals surface area contributed by atoms with E-state index in [9.17, 15) is 14.7 Å². The van der Waals surface area contributed by atoms with Gasteiger partial charge in [0.1, 0.15) is 0 Å². The molecule has 0 saturated carbocycles. The Bertz CT molecular complexity index is 380. The monoisotopic (exact) mass is 302 g/mol. The third-order valence-electron chi connectivity index (χ3n) is 2.81. The quantitative estimate of drug-likeness (QED) is 0.526. The molecule has 7 heteroatoms. The van der Waals surface area contributed by atoms with Crippen LogP contribution in [0, 0.1) is 0 Å². The lowest BCUT2D eigenvalue weighted by molar-refractivity contribution is -0.317. The van der Waals surface area contributed by atoms with E-state index in [-0.39, 0.29) is 19.6 Å². The smallest absolute Gasteiger partial charge is 0.333 e. The average Bonchev–Trinajstić information content (AvgIpc) is 2.45. The van der Waals surface area contributed by atoms with E-state index < -0.39 is 24.0 Å². The molecule has 0 bridgehead atoms. The minimum atomic E-state index is -2.00. The van der Waals surface area contributed by atoms with Gasteiger partial charge in [-0.1, -0.05) is 13.3 Å². The van der Waals surface area contributed by atoms with E-state index in [1.54, 1.807) is 0 Å². The number of unbranched alkanes of at least 4 members (excludes halogenated alkanes) is 1. The highest BCUT2D eigenvalue weighted by atomic mass is 16.8. The molecule has 2 atom stereocenters. The second-order valence-corrected chi connectivity index (χ2v) is 4.54. The van der Waals surface area contributed by atoms with Gasteiger partial charge in [0.2, 0.25) is 0 Å². The van der Waals surface area contributed by atoms with Crippen LogP contribution in [0.2, 0.25) is 0 Å². The number of rotatable bonds is 8. The maximum atomic E-state index is 11.5. The summed E-state index contributed by atoms with van der Waals surface area (Å²) in [6.07, 6.45) is 1.92. The van der Waals surface area contributed by atoms with Gasteiger partial charge in [-0.05, 0) is 13.3 Å². The molecule has 0 fully saturated rings. The summed E-state index contributed by atoms with van der Waals surface area (Å²) in [6.45, 7) is 4.65. The molecule has 0 spiro atoms. The van der Waals surface area contributed by atoms with E-state index in [1.165, 1.54) is 0 Å².